The molecule has 0 atom stereocenters. The highest BCUT2D eigenvalue weighted by Gasteiger charge is 2.14. The van der Waals surface area contributed by atoms with Crippen LogP contribution in [-0.4, -0.2) is 20.2 Å². The molecule has 2 aromatic heterocycles. The van der Waals surface area contributed by atoms with Crippen molar-refractivity contribution in [3.8, 4) is 11.5 Å². The Morgan fingerprint density at radius 2 is 1.76 bits per heavy atom. The number of aromatic nitrogens is 2. The van der Waals surface area contributed by atoms with Gasteiger partial charge in [-0.2, -0.15) is 0 Å². The maximum Gasteiger partial charge on any atom is 0.328 e. The summed E-state index contributed by atoms with van der Waals surface area (Å²) in [4.78, 5) is 27.0. The maximum absolute atomic E-state index is 11.6. The molecule has 0 amide bonds. The number of hydrogen-bond acceptors (Lipinski definition) is 5. The standard InChI is InChI=1S/C10H6N2O5/c13-4-1-3-6(2-5(4)14)17-9-7(3)8(15)11-10(16)12-9/h1-2,13-14H,(H2,11,12,15,16). The molecule has 0 aliphatic rings. The normalized spacial score (nSPS) is 11.3. The summed E-state index contributed by atoms with van der Waals surface area (Å²) in [6.07, 6.45) is 0. The third-order valence-electron chi connectivity index (χ3n) is 2.47. The van der Waals surface area contributed by atoms with Gasteiger partial charge >= 0.3 is 5.69 Å². The van der Waals surface area contributed by atoms with Crippen LogP contribution >= 0.6 is 0 Å². The van der Waals surface area contributed by atoms with E-state index in [0.29, 0.717) is 5.39 Å². The third-order valence-corrected chi connectivity index (χ3v) is 2.47. The minimum atomic E-state index is -0.685. The molecule has 0 aliphatic carbocycles. The first-order valence-electron chi connectivity index (χ1n) is 4.67. The van der Waals surface area contributed by atoms with Crippen LogP contribution < -0.4 is 11.2 Å². The molecule has 3 rings (SSSR count). The molecule has 0 bridgehead atoms. The van der Waals surface area contributed by atoms with E-state index < -0.39 is 11.2 Å². The van der Waals surface area contributed by atoms with Gasteiger partial charge in [-0.05, 0) is 6.07 Å². The summed E-state index contributed by atoms with van der Waals surface area (Å²) in [5, 5.41) is 19.1. The van der Waals surface area contributed by atoms with Crippen molar-refractivity contribution < 1.29 is 14.6 Å². The minimum absolute atomic E-state index is 0.00116. The molecule has 0 aliphatic heterocycles. The molecule has 7 nitrogen and oxygen atoms in total. The SMILES string of the molecule is O=c1[nH]c(=O)c2c([nH]1)oc1cc(O)c(O)cc12. The van der Waals surface area contributed by atoms with Gasteiger partial charge in [0, 0.05) is 11.5 Å². The molecule has 0 spiro atoms. The number of H-pyrrole nitrogens is 2. The first kappa shape index (κ1) is 9.52. The summed E-state index contributed by atoms with van der Waals surface area (Å²) in [5.74, 6) is -0.735. The number of hydrogen-bond donors (Lipinski definition) is 4. The van der Waals surface area contributed by atoms with Crippen LogP contribution in [0.5, 0.6) is 11.5 Å². The van der Waals surface area contributed by atoms with Crippen LogP contribution in [0.25, 0.3) is 22.1 Å². The first-order chi connectivity index (χ1) is 8.06. The summed E-state index contributed by atoms with van der Waals surface area (Å²) in [6, 6.07) is 2.37. The minimum Gasteiger partial charge on any atom is -0.504 e. The first-order valence-corrected chi connectivity index (χ1v) is 4.67. The Kier molecular flexibility index (Phi) is 1.63. The lowest BCUT2D eigenvalue weighted by Crippen LogP contribution is -2.21. The largest absolute Gasteiger partial charge is 0.504 e. The van der Waals surface area contributed by atoms with Gasteiger partial charge in [-0.25, -0.2) is 4.79 Å². The van der Waals surface area contributed by atoms with Crippen molar-refractivity contribution in [3.05, 3.63) is 33.0 Å². The van der Waals surface area contributed by atoms with Crippen molar-refractivity contribution in [1.82, 2.24) is 9.97 Å². The summed E-state index contributed by atoms with van der Waals surface area (Å²) in [5.41, 5.74) is -1.11. The molecule has 86 valence electrons. The van der Waals surface area contributed by atoms with E-state index in [4.69, 9.17) is 4.42 Å². The third kappa shape index (κ3) is 1.22. The molecule has 2 heterocycles. The number of furan rings is 1. The zero-order valence-electron chi connectivity index (χ0n) is 8.27. The molecular formula is C10H6N2O5. The van der Waals surface area contributed by atoms with Crippen molar-refractivity contribution in [2.75, 3.05) is 0 Å². The second-order valence-corrected chi connectivity index (χ2v) is 3.55. The molecule has 0 fully saturated rings. The van der Waals surface area contributed by atoms with Crippen molar-refractivity contribution in [3.63, 3.8) is 0 Å². The predicted octanol–water partition coefficient (Wildman–Crippen LogP) is 0.374. The van der Waals surface area contributed by atoms with E-state index in [0.717, 1.165) is 0 Å². The highest BCUT2D eigenvalue weighted by atomic mass is 16.3. The van der Waals surface area contributed by atoms with Crippen LogP contribution in [0, 0.1) is 0 Å². The fraction of sp³-hybridized carbons (Fsp3) is 0. The van der Waals surface area contributed by atoms with Gasteiger partial charge in [0.15, 0.2) is 11.5 Å². The van der Waals surface area contributed by atoms with Crippen LogP contribution in [0.15, 0.2) is 26.1 Å². The smallest absolute Gasteiger partial charge is 0.328 e. The van der Waals surface area contributed by atoms with Gasteiger partial charge in [-0.15, -0.1) is 0 Å². The Bertz CT molecular complexity index is 855. The van der Waals surface area contributed by atoms with Gasteiger partial charge < -0.3 is 14.6 Å². The van der Waals surface area contributed by atoms with Crippen molar-refractivity contribution in [2.45, 2.75) is 0 Å². The molecule has 0 saturated heterocycles. The Balaban J connectivity index is 2.65. The maximum atomic E-state index is 11.6. The number of fused-ring (bicyclic) bond motifs is 3. The van der Waals surface area contributed by atoms with Crippen molar-refractivity contribution >= 4 is 22.1 Å². The lowest BCUT2D eigenvalue weighted by molar-refractivity contribution is 0.404. The van der Waals surface area contributed by atoms with Gasteiger partial charge in [-0.1, -0.05) is 0 Å². The van der Waals surface area contributed by atoms with Crippen molar-refractivity contribution in [2.24, 2.45) is 0 Å². The quantitative estimate of drug-likeness (QED) is 0.419. The molecule has 1 aromatic carbocycles. The number of rotatable bonds is 0. The number of nitrogens with one attached hydrogen (secondary N) is 2. The zero-order valence-corrected chi connectivity index (χ0v) is 8.27. The van der Waals surface area contributed by atoms with Crippen LogP contribution in [0.1, 0.15) is 0 Å². The van der Waals surface area contributed by atoms with E-state index in [1.54, 1.807) is 0 Å². The molecule has 0 unspecified atom stereocenters. The van der Waals surface area contributed by atoms with E-state index in [9.17, 15) is 19.8 Å². The second-order valence-electron chi connectivity index (χ2n) is 3.55. The average Bonchev–Trinajstić information content (AvgIpc) is 2.56. The van der Waals surface area contributed by atoms with Gasteiger partial charge in [0.2, 0.25) is 5.71 Å². The molecule has 0 saturated carbocycles. The summed E-state index contributed by atoms with van der Waals surface area (Å²) in [6.45, 7) is 0. The number of benzene rings is 1. The van der Waals surface area contributed by atoms with Gasteiger partial charge in [-0.3, -0.25) is 14.8 Å². The summed E-state index contributed by atoms with van der Waals surface area (Å²) >= 11 is 0. The second kappa shape index (κ2) is 2.91. The van der Waals surface area contributed by atoms with E-state index in [1.165, 1.54) is 12.1 Å². The van der Waals surface area contributed by atoms with E-state index >= 15 is 0 Å². The Labute approximate surface area is 91.9 Å². The van der Waals surface area contributed by atoms with E-state index in [2.05, 4.69) is 9.97 Å². The van der Waals surface area contributed by atoms with E-state index in [1.807, 2.05) is 0 Å². The Hall–Kier alpha value is -2.70. The van der Waals surface area contributed by atoms with Crippen LogP contribution in [0.3, 0.4) is 0 Å². The van der Waals surface area contributed by atoms with Crippen LogP contribution in [0.4, 0.5) is 0 Å². The number of phenols is 2. The van der Waals surface area contributed by atoms with Gasteiger partial charge in [0.25, 0.3) is 5.56 Å². The fourth-order valence-corrected chi connectivity index (χ4v) is 1.73. The molecule has 7 heteroatoms. The fourth-order valence-electron chi connectivity index (χ4n) is 1.73. The zero-order chi connectivity index (χ0) is 12.2. The van der Waals surface area contributed by atoms with Crippen LogP contribution in [-0.2, 0) is 0 Å². The van der Waals surface area contributed by atoms with Gasteiger partial charge in [0.1, 0.15) is 11.0 Å². The summed E-state index contributed by atoms with van der Waals surface area (Å²) < 4.78 is 5.20. The van der Waals surface area contributed by atoms with Crippen LogP contribution in [0.2, 0.25) is 0 Å². The molecular weight excluding hydrogens is 228 g/mol. The number of phenolic OH excluding ortho intramolecular Hbond substituents is 2. The lowest BCUT2D eigenvalue weighted by Gasteiger charge is -1.95. The number of aromatic hydroxyl groups is 2. The molecule has 4 N–H and O–H groups in total. The number of aromatic amines is 2. The Morgan fingerprint density at radius 3 is 2.53 bits per heavy atom. The average molecular weight is 234 g/mol. The molecule has 17 heavy (non-hydrogen) atoms. The summed E-state index contributed by atoms with van der Waals surface area (Å²) in [7, 11) is 0. The Morgan fingerprint density at radius 1 is 1.06 bits per heavy atom. The highest BCUT2D eigenvalue weighted by Crippen LogP contribution is 2.33. The highest BCUT2D eigenvalue weighted by molar-refractivity contribution is 6.04. The van der Waals surface area contributed by atoms with Gasteiger partial charge in [0.05, 0.1) is 0 Å². The molecule has 0 radical (unpaired) electrons. The van der Waals surface area contributed by atoms with E-state index in [-0.39, 0.29) is 28.2 Å². The molecule has 3 aromatic rings. The van der Waals surface area contributed by atoms with Crippen molar-refractivity contribution in [1.29, 1.82) is 0 Å². The topological polar surface area (TPSA) is 119 Å². The lowest BCUT2D eigenvalue weighted by atomic mass is 10.2. The monoisotopic (exact) mass is 234 g/mol. The predicted molar refractivity (Wildman–Crippen MR) is 58.3 cm³/mol.